The van der Waals surface area contributed by atoms with E-state index in [4.69, 9.17) is 15.4 Å². The number of likely N-dealkylation sites (N-methyl/N-ethyl adjacent to an activating group) is 1. The van der Waals surface area contributed by atoms with E-state index in [1.807, 2.05) is 0 Å². The van der Waals surface area contributed by atoms with Crippen molar-refractivity contribution in [2.75, 3.05) is 42.4 Å². The molecule has 218 valence electrons. The van der Waals surface area contributed by atoms with Gasteiger partial charge in [0.25, 0.3) is 5.91 Å². The van der Waals surface area contributed by atoms with Crippen LogP contribution in [-0.2, 0) is 43.6 Å². The van der Waals surface area contributed by atoms with Crippen molar-refractivity contribution < 1.29 is 44.5 Å². The molecule has 0 bridgehead atoms. The zero-order valence-corrected chi connectivity index (χ0v) is 23.4. The number of aliphatic hydroxyl groups is 3. The molecule has 1 saturated carbocycles. The molecule has 1 fully saturated rings. The van der Waals surface area contributed by atoms with Gasteiger partial charge in [-0.3, -0.25) is 19.3 Å². The number of carbonyl (C=O) groups excluding carboxylic acids is 3. The Labute approximate surface area is 231 Å². The number of aromatic hydroxyl groups is 1. The smallest absolute Gasteiger partial charge is 0.255 e. The van der Waals surface area contributed by atoms with E-state index in [1.54, 1.807) is 39.3 Å². The second-order valence-corrected chi connectivity index (χ2v) is 10.8. The van der Waals surface area contributed by atoms with E-state index in [0.717, 1.165) is 5.56 Å². The number of nitrogens with zero attached hydrogens (tertiary/aromatic N) is 3. The van der Waals surface area contributed by atoms with Crippen LogP contribution in [0.3, 0.4) is 0 Å². The number of amides is 1. The minimum absolute atomic E-state index is 0.0141. The van der Waals surface area contributed by atoms with Crippen LogP contribution in [-0.4, -0.2) is 107 Å². The summed E-state index contributed by atoms with van der Waals surface area (Å²) in [5, 5.41) is 48.6. The minimum atomic E-state index is -2.69. The molecule has 13 heteroatoms. The molecule has 1 amide bonds. The first-order valence-electron chi connectivity index (χ1n) is 12.7. The van der Waals surface area contributed by atoms with Crippen molar-refractivity contribution in [2.24, 2.45) is 17.6 Å². The Balaban J connectivity index is 1.97. The van der Waals surface area contributed by atoms with E-state index in [-0.39, 0.29) is 42.8 Å². The van der Waals surface area contributed by atoms with E-state index in [1.165, 1.54) is 24.2 Å². The van der Waals surface area contributed by atoms with E-state index in [2.05, 4.69) is 0 Å². The van der Waals surface area contributed by atoms with Crippen molar-refractivity contribution >= 4 is 23.2 Å². The number of phenols is 1. The van der Waals surface area contributed by atoms with Gasteiger partial charge in [-0.2, -0.15) is 10.1 Å². The Morgan fingerprint density at radius 3 is 2.15 bits per heavy atom. The van der Waals surface area contributed by atoms with E-state index in [9.17, 15) is 34.8 Å². The van der Waals surface area contributed by atoms with Crippen molar-refractivity contribution in [3.63, 3.8) is 0 Å². The molecule has 0 radical (unpaired) electrons. The van der Waals surface area contributed by atoms with Gasteiger partial charge >= 0.3 is 0 Å². The summed E-state index contributed by atoms with van der Waals surface area (Å²) in [6, 6.07) is 0.635. The minimum Gasteiger partial charge on any atom is -0.508 e. The quantitative estimate of drug-likeness (QED) is 0.211. The molecule has 1 aromatic carbocycles. The summed E-state index contributed by atoms with van der Waals surface area (Å²) in [5.41, 5.74) is 3.37. The molecule has 0 saturated heterocycles. The predicted octanol–water partition coefficient (Wildman–Crippen LogP) is -0.0496. The lowest BCUT2D eigenvalue weighted by Gasteiger charge is -2.50. The van der Waals surface area contributed by atoms with E-state index in [0.29, 0.717) is 11.1 Å². The number of benzene rings is 1. The number of Topliss-reactive ketones (excluding diaryl/α,β-unsaturated/α-hetero) is 2. The Bertz CT molecular complexity index is 1340. The second-order valence-electron chi connectivity index (χ2n) is 10.8. The Morgan fingerprint density at radius 2 is 1.62 bits per heavy atom. The molecule has 4 atom stereocenters. The third kappa shape index (κ3) is 4.39. The lowest BCUT2D eigenvalue weighted by molar-refractivity contribution is -0.153. The van der Waals surface area contributed by atoms with E-state index >= 15 is 0 Å². The first kappa shape index (κ1) is 29.6. The van der Waals surface area contributed by atoms with Crippen molar-refractivity contribution in [2.45, 2.75) is 37.6 Å². The maximum absolute atomic E-state index is 14.0. The molecule has 0 spiro atoms. The molecular weight excluding hydrogens is 524 g/mol. The number of hydrogen-bond donors (Lipinski definition) is 5. The highest BCUT2D eigenvalue weighted by atomic mass is 16.7. The summed E-state index contributed by atoms with van der Waals surface area (Å²) in [5.74, 6) is -6.86. The zero-order valence-electron chi connectivity index (χ0n) is 23.4. The molecular formula is C27H36N4O9. The van der Waals surface area contributed by atoms with Crippen LogP contribution in [0, 0.1) is 11.8 Å². The zero-order chi connectivity index (χ0) is 29.8. The first-order valence-corrected chi connectivity index (χ1v) is 12.7. The summed E-state index contributed by atoms with van der Waals surface area (Å²) in [6.45, 7) is 0.424. The number of nitrogens with two attached hydrogens (primary N) is 1. The van der Waals surface area contributed by atoms with Crippen LogP contribution in [0.4, 0.5) is 0 Å². The van der Waals surface area contributed by atoms with Gasteiger partial charge in [0.05, 0.1) is 32.4 Å². The number of rotatable bonds is 8. The topological polar surface area (TPSA) is 186 Å². The maximum Gasteiger partial charge on any atom is 0.255 e. The van der Waals surface area contributed by atoms with Gasteiger partial charge in [0.15, 0.2) is 11.4 Å². The van der Waals surface area contributed by atoms with Crippen LogP contribution in [0.25, 0.3) is 5.76 Å². The Hall–Kier alpha value is -3.33. The van der Waals surface area contributed by atoms with Crippen LogP contribution in [0.1, 0.15) is 28.7 Å². The summed E-state index contributed by atoms with van der Waals surface area (Å²) in [7, 11) is 9.46. The van der Waals surface area contributed by atoms with Crippen molar-refractivity contribution in [1.82, 2.24) is 15.0 Å². The number of phenolic OH excluding ortho intramolecular Hbond substituents is 1. The first-order chi connectivity index (χ1) is 18.7. The average molecular weight is 561 g/mol. The van der Waals surface area contributed by atoms with Crippen molar-refractivity contribution in [3.8, 4) is 5.75 Å². The van der Waals surface area contributed by atoms with E-state index < -0.39 is 58.0 Å². The number of hydroxylamine groups is 4. The summed E-state index contributed by atoms with van der Waals surface area (Å²) in [4.78, 5) is 51.4. The van der Waals surface area contributed by atoms with Crippen molar-refractivity contribution in [3.05, 3.63) is 45.2 Å². The van der Waals surface area contributed by atoms with Gasteiger partial charge in [0, 0.05) is 37.7 Å². The van der Waals surface area contributed by atoms with Crippen LogP contribution >= 0.6 is 0 Å². The summed E-state index contributed by atoms with van der Waals surface area (Å²) >= 11 is 0. The fourth-order valence-electron chi connectivity index (χ4n) is 6.32. The lowest BCUT2D eigenvalue weighted by atomic mass is 9.57. The standard InChI is InChI=1S/C27H36N4O9/c1-29(2)20-16-9-12-8-15-13(10-30(3)39-5)7-14(11-31(4)40-6)21(32)18(15)22(33)17(12)24(35)27(16,38)25(36)19(23(20)34)26(28)37/h7,12,16,20,32-33,36,38H,8-11H2,1-6H3,(H2,28,37)/t12-,16-,20-,27-/m0/s1. The van der Waals surface area contributed by atoms with Gasteiger partial charge in [-0.05, 0) is 50.0 Å². The molecule has 3 aliphatic rings. The van der Waals surface area contributed by atoms with Gasteiger partial charge in [-0.1, -0.05) is 0 Å². The molecule has 3 aliphatic carbocycles. The van der Waals surface area contributed by atoms with Gasteiger partial charge in [-0.25, -0.2) is 0 Å². The molecule has 13 nitrogen and oxygen atoms in total. The highest BCUT2D eigenvalue weighted by Crippen LogP contribution is 2.53. The van der Waals surface area contributed by atoms with Crippen molar-refractivity contribution in [1.29, 1.82) is 0 Å². The highest BCUT2D eigenvalue weighted by molar-refractivity contribution is 6.24. The van der Waals surface area contributed by atoms with Crippen LogP contribution in [0.15, 0.2) is 23.0 Å². The number of hydrogen-bond acceptors (Lipinski definition) is 12. The van der Waals surface area contributed by atoms with Gasteiger partial charge < -0.3 is 35.8 Å². The average Bonchev–Trinajstić information content (AvgIpc) is 2.88. The summed E-state index contributed by atoms with van der Waals surface area (Å²) < 4.78 is 0. The Morgan fingerprint density at radius 1 is 1.05 bits per heavy atom. The largest absolute Gasteiger partial charge is 0.508 e. The predicted molar refractivity (Wildman–Crippen MR) is 141 cm³/mol. The molecule has 0 aromatic heterocycles. The third-order valence-electron chi connectivity index (χ3n) is 8.30. The molecule has 0 aliphatic heterocycles. The molecule has 6 N–H and O–H groups in total. The number of primary amides is 1. The second kappa shape index (κ2) is 10.6. The van der Waals surface area contributed by atoms with Crippen LogP contribution in [0.2, 0.25) is 0 Å². The monoisotopic (exact) mass is 560 g/mol. The Kier molecular flexibility index (Phi) is 7.84. The van der Waals surface area contributed by atoms with Gasteiger partial charge in [0.1, 0.15) is 22.8 Å². The molecule has 0 heterocycles. The molecule has 1 aromatic rings. The number of aliphatic hydroxyl groups excluding tert-OH is 2. The lowest BCUT2D eigenvalue weighted by Crippen LogP contribution is -2.65. The van der Waals surface area contributed by atoms with Gasteiger partial charge in [-0.15, -0.1) is 0 Å². The summed E-state index contributed by atoms with van der Waals surface area (Å²) in [6.07, 6.45) is 0.204. The normalized spacial score (nSPS) is 26.5. The van der Waals surface area contributed by atoms with Crippen LogP contribution < -0.4 is 5.73 Å². The van der Waals surface area contributed by atoms with Gasteiger partial charge in [0.2, 0.25) is 5.78 Å². The van der Waals surface area contributed by atoms with Crippen LogP contribution in [0.5, 0.6) is 5.75 Å². The molecule has 40 heavy (non-hydrogen) atoms. The number of ketones is 2. The SMILES string of the molecule is CON(C)Cc1cc(CN(C)OC)c2c(c1O)C(O)=C1C(=O)[C@]3(O)C(O)=C(C(N)=O)C(=O)[C@@H](N(C)C)[C@@H]3C[C@@H]1C2. The molecule has 0 unspecified atom stereocenters. The maximum atomic E-state index is 14.0. The number of carbonyl (C=O) groups is 3. The third-order valence-corrected chi connectivity index (χ3v) is 8.30. The fraction of sp³-hybridized carbons (Fsp3) is 0.519. The highest BCUT2D eigenvalue weighted by Gasteiger charge is 2.64. The fourth-order valence-corrected chi connectivity index (χ4v) is 6.32. The number of fused-ring (bicyclic) bond motifs is 3. The molecule has 4 rings (SSSR count).